The van der Waals surface area contributed by atoms with E-state index in [1.165, 1.54) is 23.6 Å². The Hall–Kier alpha value is -2.00. The molecule has 0 aromatic heterocycles. The predicted octanol–water partition coefficient (Wildman–Crippen LogP) is 0.716. The van der Waals surface area contributed by atoms with Gasteiger partial charge in [0, 0.05) is 19.1 Å². The highest BCUT2D eigenvalue weighted by Gasteiger charge is 2.34. The number of benzene rings is 2. The van der Waals surface area contributed by atoms with Gasteiger partial charge in [0.15, 0.2) is 0 Å². The van der Waals surface area contributed by atoms with Crippen molar-refractivity contribution in [1.29, 1.82) is 0 Å². The summed E-state index contributed by atoms with van der Waals surface area (Å²) in [6.07, 6.45) is -5.57. The van der Waals surface area contributed by atoms with Gasteiger partial charge in [0.05, 0.1) is 6.10 Å². The highest BCUT2D eigenvalue weighted by Crippen LogP contribution is 2.32. The smallest absolute Gasteiger partial charge is 0.226 e. The Kier molecular flexibility index (Phi) is 7.46. The van der Waals surface area contributed by atoms with E-state index in [0.717, 1.165) is 30.6 Å². The molecule has 7 nitrogen and oxygen atoms in total. The number of aliphatic hydroxyl groups is 5. The van der Waals surface area contributed by atoms with E-state index in [4.69, 9.17) is 9.84 Å². The standard InChI is InChI=1S/C23H31NO6/c1-13-10-15(17-5-3-4-16-11-24-9-8-18(16)17)6-7-19(13)30-23(29)22(28)21(27)20(26)14(2)12-25/h3-7,10,14,20-29H,8-9,11-12H2,1-2H3. The molecule has 1 heterocycles. The van der Waals surface area contributed by atoms with E-state index in [9.17, 15) is 20.4 Å². The van der Waals surface area contributed by atoms with Crippen molar-refractivity contribution in [3.05, 3.63) is 53.1 Å². The van der Waals surface area contributed by atoms with Crippen LogP contribution in [0.3, 0.4) is 0 Å². The van der Waals surface area contributed by atoms with E-state index >= 15 is 0 Å². The van der Waals surface area contributed by atoms with Crippen molar-refractivity contribution in [2.75, 3.05) is 13.2 Å². The molecule has 0 amide bonds. The highest BCUT2D eigenvalue weighted by molar-refractivity contribution is 5.70. The van der Waals surface area contributed by atoms with Crippen LogP contribution in [0, 0.1) is 12.8 Å². The molecule has 0 spiro atoms. The predicted molar refractivity (Wildman–Crippen MR) is 113 cm³/mol. The maximum Gasteiger partial charge on any atom is 0.226 e. The van der Waals surface area contributed by atoms with Crippen LogP contribution in [0.4, 0.5) is 0 Å². The number of ether oxygens (including phenoxy) is 1. The molecule has 1 aliphatic heterocycles. The van der Waals surface area contributed by atoms with Crippen LogP contribution in [0.5, 0.6) is 5.75 Å². The van der Waals surface area contributed by atoms with E-state index in [1.54, 1.807) is 6.07 Å². The van der Waals surface area contributed by atoms with Crippen LogP contribution >= 0.6 is 0 Å². The van der Waals surface area contributed by atoms with Gasteiger partial charge in [-0.25, -0.2) is 0 Å². The van der Waals surface area contributed by atoms with Gasteiger partial charge in [0.1, 0.15) is 18.0 Å². The van der Waals surface area contributed by atoms with Crippen molar-refractivity contribution in [2.45, 2.75) is 51.4 Å². The Morgan fingerprint density at radius 1 is 1.03 bits per heavy atom. The Labute approximate surface area is 176 Å². The summed E-state index contributed by atoms with van der Waals surface area (Å²) < 4.78 is 5.46. The Morgan fingerprint density at radius 3 is 2.50 bits per heavy atom. The first-order chi connectivity index (χ1) is 14.3. The third-order valence-electron chi connectivity index (χ3n) is 5.74. The molecule has 0 saturated heterocycles. The Bertz CT molecular complexity index is 858. The Morgan fingerprint density at radius 2 is 1.80 bits per heavy atom. The van der Waals surface area contributed by atoms with Crippen LogP contribution in [0.15, 0.2) is 36.4 Å². The van der Waals surface area contributed by atoms with Gasteiger partial charge in [0.25, 0.3) is 0 Å². The number of hydrogen-bond acceptors (Lipinski definition) is 7. The second-order valence-corrected chi connectivity index (χ2v) is 7.99. The summed E-state index contributed by atoms with van der Waals surface area (Å²) >= 11 is 0. The molecule has 0 bridgehead atoms. The lowest BCUT2D eigenvalue weighted by molar-refractivity contribution is -0.172. The molecule has 30 heavy (non-hydrogen) atoms. The first-order valence-electron chi connectivity index (χ1n) is 10.3. The lowest BCUT2D eigenvalue weighted by atomic mass is 9.91. The molecule has 164 valence electrons. The van der Waals surface area contributed by atoms with Gasteiger partial charge in [0.2, 0.25) is 6.29 Å². The lowest BCUT2D eigenvalue weighted by Crippen LogP contribution is -2.49. The van der Waals surface area contributed by atoms with E-state index in [0.29, 0.717) is 5.75 Å². The van der Waals surface area contributed by atoms with Crippen LogP contribution in [-0.2, 0) is 13.0 Å². The summed E-state index contributed by atoms with van der Waals surface area (Å²) in [5.74, 6) is -0.288. The summed E-state index contributed by atoms with van der Waals surface area (Å²) in [5, 5.41) is 52.8. The van der Waals surface area contributed by atoms with Gasteiger partial charge in [-0.15, -0.1) is 0 Å². The fraction of sp³-hybridized carbons (Fsp3) is 0.478. The fourth-order valence-corrected chi connectivity index (χ4v) is 3.77. The number of aryl methyl sites for hydroxylation is 1. The molecule has 0 saturated carbocycles. The van der Waals surface area contributed by atoms with Gasteiger partial charge in [-0.3, -0.25) is 0 Å². The van der Waals surface area contributed by atoms with Crippen molar-refractivity contribution in [1.82, 2.24) is 5.32 Å². The summed E-state index contributed by atoms with van der Waals surface area (Å²) in [6.45, 7) is 4.80. The van der Waals surface area contributed by atoms with E-state index in [-0.39, 0.29) is 6.61 Å². The van der Waals surface area contributed by atoms with E-state index in [2.05, 4.69) is 17.4 Å². The van der Waals surface area contributed by atoms with Gasteiger partial charge in [-0.05, 0) is 59.8 Å². The average molecular weight is 418 g/mol. The lowest BCUT2D eigenvalue weighted by Gasteiger charge is -2.29. The van der Waals surface area contributed by atoms with Gasteiger partial charge < -0.3 is 35.6 Å². The molecule has 6 N–H and O–H groups in total. The molecule has 0 aliphatic carbocycles. The molecular formula is C23H31NO6. The molecule has 3 rings (SSSR count). The first kappa shape index (κ1) is 22.7. The zero-order chi connectivity index (χ0) is 21.8. The summed E-state index contributed by atoms with van der Waals surface area (Å²) in [4.78, 5) is 0. The molecule has 0 fully saturated rings. The fourth-order valence-electron chi connectivity index (χ4n) is 3.77. The summed E-state index contributed by atoms with van der Waals surface area (Å²) in [7, 11) is 0. The minimum atomic E-state index is -1.74. The second-order valence-electron chi connectivity index (χ2n) is 7.99. The molecular weight excluding hydrogens is 386 g/mol. The molecule has 5 unspecified atom stereocenters. The first-order valence-corrected chi connectivity index (χ1v) is 10.3. The van der Waals surface area contributed by atoms with Gasteiger partial charge in [-0.1, -0.05) is 31.2 Å². The SMILES string of the molecule is Cc1cc(-c2cccc3c2CCNC3)ccc1OC(O)C(O)C(O)C(O)C(C)CO. The third kappa shape index (κ3) is 4.83. The largest absolute Gasteiger partial charge is 0.462 e. The monoisotopic (exact) mass is 417 g/mol. The van der Waals surface area contributed by atoms with Crippen molar-refractivity contribution in [3.63, 3.8) is 0 Å². The zero-order valence-corrected chi connectivity index (χ0v) is 17.3. The summed E-state index contributed by atoms with van der Waals surface area (Å²) in [5.41, 5.74) is 5.60. The van der Waals surface area contributed by atoms with Crippen LogP contribution < -0.4 is 10.1 Å². The molecule has 2 aromatic carbocycles. The Balaban J connectivity index is 1.75. The average Bonchev–Trinajstić information content (AvgIpc) is 2.77. The van der Waals surface area contributed by atoms with Crippen molar-refractivity contribution in [3.8, 4) is 16.9 Å². The topological polar surface area (TPSA) is 122 Å². The molecule has 2 aromatic rings. The third-order valence-corrected chi connectivity index (χ3v) is 5.74. The normalized spacial score (nSPS) is 18.8. The summed E-state index contributed by atoms with van der Waals surface area (Å²) in [6, 6.07) is 11.9. The minimum Gasteiger partial charge on any atom is -0.462 e. The minimum absolute atomic E-state index is 0.359. The molecule has 5 atom stereocenters. The van der Waals surface area contributed by atoms with E-state index < -0.39 is 30.5 Å². The quantitative estimate of drug-likeness (QED) is 0.350. The van der Waals surface area contributed by atoms with Crippen molar-refractivity contribution in [2.24, 2.45) is 5.92 Å². The maximum absolute atomic E-state index is 10.2. The van der Waals surface area contributed by atoms with E-state index in [1.807, 2.05) is 25.1 Å². The maximum atomic E-state index is 10.2. The molecule has 7 heteroatoms. The highest BCUT2D eigenvalue weighted by atomic mass is 16.6. The van der Waals surface area contributed by atoms with Crippen LogP contribution in [0.1, 0.15) is 23.6 Å². The van der Waals surface area contributed by atoms with Crippen molar-refractivity contribution >= 4 is 0 Å². The number of fused-ring (bicyclic) bond motifs is 1. The molecule has 1 aliphatic rings. The number of hydrogen-bond donors (Lipinski definition) is 6. The van der Waals surface area contributed by atoms with Crippen LogP contribution in [0.2, 0.25) is 0 Å². The van der Waals surface area contributed by atoms with Gasteiger partial charge >= 0.3 is 0 Å². The number of aliphatic hydroxyl groups excluding tert-OH is 5. The number of nitrogens with one attached hydrogen (secondary N) is 1. The van der Waals surface area contributed by atoms with Crippen molar-refractivity contribution < 1.29 is 30.3 Å². The second kappa shape index (κ2) is 9.87. The van der Waals surface area contributed by atoms with Crippen LogP contribution in [0.25, 0.3) is 11.1 Å². The zero-order valence-electron chi connectivity index (χ0n) is 17.3. The van der Waals surface area contributed by atoms with Crippen LogP contribution in [-0.4, -0.2) is 63.3 Å². The van der Waals surface area contributed by atoms with Gasteiger partial charge in [-0.2, -0.15) is 0 Å². The molecule has 0 radical (unpaired) electrons. The number of rotatable bonds is 8.